The molecule has 1 aliphatic heterocycles. The smallest absolute Gasteiger partial charge is 0.191 e. The van der Waals surface area contributed by atoms with Gasteiger partial charge in [0, 0.05) is 38.6 Å². The third kappa shape index (κ3) is 5.92. The van der Waals surface area contributed by atoms with Crippen LogP contribution >= 0.6 is 0 Å². The molecule has 0 spiro atoms. The van der Waals surface area contributed by atoms with Gasteiger partial charge >= 0.3 is 0 Å². The van der Waals surface area contributed by atoms with Crippen molar-refractivity contribution in [3.05, 3.63) is 29.8 Å². The zero-order valence-electron chi connectivity index (χ0n) is 16.2. The van der Waals surface area contributed by atoms with Crippen LogP contribution < -0.4 is 15.4 Å². The standard InChI is InChI=1S/C20H34N4O/c1-5-12-24-13-10-17(11-14-24)23-20(21-3)22-15-16(2)18-8-6-7-9-19(18)25-4/h6-9,16-17H,5,10-15H2,1-4H3,(H2,21,22,23). The van der Waals surface area contributed by atoms with E-state index < -0.39 is 0 Å². The Hall–Kier alpha value is -1.75. The number of hydrogen-bond acceptors (Lipinski definition) is 3. The van der Waals surface area contributed by atoms with Crippen LogP contribution in [0, 0.1) is 0 Å². The van der Waals surface area contributed by atoms with Crippen LogP contribution in [-0.2, 0) is 0 Å². The van der Waals surface area contributed by atoms with Crippen molar-refractivity contribution in [2.24, 2.45) is 4.99 Å². The fourth-order valence-electron chi connectivity index (χ4n) is 3.44. The van der Waals surface area contributed by atoms with E-state index >= 15 is 0 Å². The summed E-state index contributed by atoms with van der Waals surface area (Å²) in [6.07, 6.45) is 3.60. The molecule has 2 rings (SSSR count). The second kappa shape index (κ2) is 10.3. The third-order valence-corrected chi connectivity index (χ3v) is 4.94. The SMILES string of the molecule is CCCN1CCC(NC(=NC)NCC(C)c2ccccc2OC)CC1. The van der Waals surface area contributed by atoms with Crippen molar-refractivity contribution >= 4 is 5.96 Å². The molecule has 0 radical (unpaired) electrons. The van der Waals surface area contributed by atoms with Gasteiger partial charge in [-0.2, -0.15) is 0 Å². The van der Waals surface area contributed by atoms with Crippen LogP contribution in [-0.4, -0.2) is 57.2 Å². The average molecular weight is 347 g/mol. The lowest BCUT2D eigenvalue weighted by Gasteiger charge is -2.33. The molecule has 1 aromatic rings. The minimum atomic E-state index is 0.348. The largest absolute Gasteiger partial charge is 0.496 e. The first-order chi connectivity index (χ1) is 12.2. The molecule has 1 fully saturated rings. The minimum Gasteiger partial charge on any atom is -0.496 e. The van der Waals surface area contributed by atoms with Crippen molar-refractivity contribution < 1.29 is 4.74 Å². The summed E-state index contributed by atoms with van der Waals surface area (Å²) in [6, 6.07) is 8.73. The van der Waals surface area contributed by atoms with Crippen molar-refractivity contribution in [1.82, 2.24) is 15.5 Å². The van der Waals surface area contributed by atoms with Crippen LogP contribution in [0.15, 0.2) is 29.3 Å². The lowest BCUT2D eigenvalue weighted by Crippen LogP contribution is -2.49. The maximum Gasteiger partial charge on any atom is 0.191 e. The molecular weight excluding hydrogens is 312 g/mol. The molecule has 0 bridgehead atoms. The van der Waals surface area contributed by atoms with Crippen LogP contribution in [0.5, 0.6) is 5.75 Å². The first kappa shape index (κ1) is 19.6. The highest BCUT2D eigenvalue weighted by atomic mass is 16.5. The van der Waals surface area contributed by atoms with Gasteiger partial charge in [-0.25, -0.2) is 0 Å². The third-order valence-electron chi connectivity index (χ3n) is 4.94. The molecule has 2 N–H and O–H groups in total. The molecule has 0 saturated carbocycles. The lowest BCUT2D eigenvalue weighted by molar-refractivity contribution is 0.206. The predicted molar refractivity (Wildman–Crippen MR) is 106 cm³/mol. The van der Waals surface area contributed by atoms with Crippen molar-refractivity contribution in [3.8, 4) is 5.75 Å². The first-order valence-corrected chi connectivity index (χ1v) is 9.50. The zero-order valence-corrected chi connectivity index (χ0v) is 16.2. The summed E-state index contributed by atoms with van der Waals surface area (Å²) in [6.45, 7) is 8.87. The van der Waals surface area contributed by atoms with E-state index in [1.807, 2.05) is 19.2 Å². The van der Waals surface area contributed by atoms with Gasteiger partial charge in [0.15, 0.2) is 5.96 Å². The van der Waals surface area contributed by atoms with Gasteiger partial charge in [0.25, 0.3) is 0 Å². The highest BCUT2D eigenvalue weighted by Crippen LogP contribution is 2.25. The molecule has 140 valence electrons. The van der Waals surface area contributed by atoms with E-state index in [0.29, 0.717) is 12.0 Å². The zero-order chi connectivity index (χ0) is 18.1. The molecule has 0 amide bonds. The Balaban J connectivity index is 1.80. The van der Waals surface area contributed by atoms with Crippen molar-refractivity contribution in [2.75, 3.05) is 40.3 Å². The van der Waals surface area contributed by atoms with E-state index in [-0.39, 0.29) is 0 Å². The molecular formula is C20H34N4O. The van der Waals surface area contributed by atoms with E-state index in [1.54, 1.807) is 7.11 Å². The summed E-state index contributed by atoms with van der Waals surface area (Å²) < 4.78 is 5.47. The van der Waals surface area contributed by atoms with Gasteiger partial charge in [-0.1, -0.05) is 32.0 Å². The molecule has 1 atom stereocenters. The Morgan fingerprint density at radius 1 is 1.32 bits per heavy atom. The van der Waals surface area contributed by atoms with Crippen molar-refractivity contribution in [1.29, 1.82) is 0 Å². The topological polar surface area (TPSA) is 48.9 Å². The first-order valence-electron chi connectivity index (χ1n) is 9.50. The molecule has 1 aromatic carbocycles. The Morgan fingerprint density at radius 3 is 2.68 bits per heavy atom. The number of rotatable bonds is 7. The molecule has 0 aromatic heterocycles. The number of benzene rings is 1. The van der Waals surface area contributed by atoms with E-state index in [4.69, 9.17) is 4.74 Å². The molecule has 1 saturated heterocycles. The van der Waals surface area contributed by atoms with Gasteiger partial charge in [-0.3, -0.25) is 4.99 Å². The average Bonchev–Trinajstić information content (AvgIpc) is 2.66. The minimum absolute atomic E-state index is 0.348. The fraction of sp³-hybridized carbons (Fsp3) is 0.650. The number of para-hydroxylation sites is 1. The number of methoxy groups -OCH3 is 1. The molecule has 25 heavy (non-hydrogen) atoms. The van der Waals surface area contributed by atoms with Crippen molar-refractivity contribution in [2.45, 2.75) is 45.1 Å². The Kier molecular flexibility index (Phi) is 8.06. The highest BCUT2D eigenvalue weighted by Gasteiger charge is 2.19. The van der Waals surface area contributed by atoms with Crippen LogP contribution in [0.2, 0.25) is 0 Å². The maximum absolute atomic E-state index is 5.47. The van der Waals surface area contributed by atoms with E-state index in [0.717, 1.165) is 18.3 Å². The number of piperidine rings is 1. The summed E-state index contributed by atoms with van der Waals surface area (Å²) in [4.78, 5) is 6.95. The van der Waals surface area contributed by atoms with Crippen LogP contribution in [0.1, 0.15) is 44.6 Å². The quantitative estimate of drug-likeness (QED) is 0.589. The van der Waals surface area contributed by atoms with Crippen LogP contribution in [0.25, 0.3) is 0 Å². The highest BCUT2D eigenvalue weighted by molar-refractivity contribution is 5.80. The predicted octanol–water partition coefficient (Wildman–Crippen LogP) is 2.84. The Bertz CT molecular complexity index is 538. The Morgan fingerprint density at radius 2 is 2.04 bits per heavy atom. The second-order valence-electron chi connectivity index (χ2n) is 6.86. The summed E-state index contributed by atoms with van der Waals surface area (Å²) in [7, 11) is 3.57. The van der Waals surface area contributed by atoms with E-state index in [2.05, 4.69) is 46.5 Å². The lowest BCUT2D eigenvalue weighted by atomic mass is 10.00. The number of hydrogen-bond donors (Lipinski definition) is 2. The number of ether oxygens (including phenoxy) is 1. The monoisotopic (exact) mass is 346 g/mol. The van der Waals surface area contributed by atoms with Gasteiger partial charge in [0.2, 0.25) is 0 Å². The Labute approximate surface area is 152 Å². The molecule has 5 nitrogen and oxygen atoms in total. The number of guanidine groups is 1. The van der Waals surface area contributed by atoms with E-state index in [9.17, 15) is 0 Å². The van der Waals surface area contributed by atoms with Gasteiger partial charge in [-0.15, -0.1) is 0 Å². The van der Waals surface area contributed by atoms with Crippen molar-refractivity contribution in [3.63, 3.8) is 0 Å². The maximum atomic E-state index is 5.47. The number of aliphatic imine (C=N–C) groups is 1. The van der Waals surface area contributed by atoms with Crippen LogP contribution in [0.3, 0.4) is 0 Å². The molecule has 1 unspecified atom stereocenters. The molecule has 0 aliphatic carbocycles. The van der Waals surface area contributed by atoms with Gasteiger partial charge in [0.1, 0.15) is 5.75 Å². The number of nitrogens with one attached hydrogen (secondary N) is 2. The fourth-order valence-corrected chi connectivity index (χ4v) is 3.44. The van der Waals surface area contributed by atoms with Crippen LogP contribution in [0.4, 0.5) is 0 Å². The second-order valence-corrected chi connectivity index (χ2v) is 6.86. The van der Waals surface area contributed by atoms with Gasteiger partial charge in [0.05, 0.1) is 7.11 Å². The number of nitrogens with zero attached hydrogens (tertiary/aromatic N) is 2. The molecule has 1 aliphatic rings. The molecule has 1 heterocycles. The summed E-state index contributed by atoms with van der Waals surface area (Å²) in [5.74, 6) is 2.19. The van der Waals surface area contributed by atoms with Gasteiger partial charge < -0.3 is 20.3 Å². The summed E-state index contributed by atoms with van der Waals surface area (Å²) in [5, 5.41) is 7.06. The van der Waals surface area contributed by atoms with E-state index in [1.165, 1.54) is 44.5 Å². The normalized spacial score (nSPS) is 18.0. The van der Waals surface area contributed by atoms with Gasteiger partial charge in [-0.05, 0) is 37.4 Å². The summed E-state index contributed by atoms with van der Waals surface area (Å²) in [5.41, 5.74) is 1.22. The summed E-state index contributed by atoms with van der Waals surface area (Å²) >= 11 is 0. The molecule has 5 heteroatoms. The number of likely N-dealkylation sites (tertiary alicyclic amines) is 1.